The van der Waals surface area contributed by atoms with Crippen LogP contribution in [0.15, 0.2) is 48.9 Å². The summed E-state index contributed by atoms with van der Waals surface area (Å²) in [5.41, 5.74) is 10.6. The fourth-order valence-corrected chi connectivity index (χ4v) is 4.00. The summed E-state index contributed by atoms with van der Waals surface area (Å²) >= 11 is 6.04. The average molecular weight is 422 g/mol. The van der Waals surface area contributed by atoms with E-state index in [2.05, 4.69) is 15.0 Å². The summed E-state index contributed by atoms with van der Waals surface area (Å²) in [5.74, 6) is 0.626. The van der Waals surface area contributed by atoms with Crippen molar-refractivity contribution in [3.8, 4) is 11.1 Å². The van der Waals surface area contributed by atoms with Crippen LogP contribution < -0.4 is 10.6 Å². The maximum atomic E-state index is 13.9. The molecule has 3 N–H and O–H groups in total. The number of aliphatic hydroxyl groups is 1. The molecule has 30 heavy (non-hydrogen) atoms. The number of fused-ring (bicyclic) bond motifs is 2. The minimum absolute atomic E-state index is 0.0872. The summed E-state index contributed by atoms with van der Waals surface area (Å²) in [5, 5.41) is 10.4. The van der Waals surface area contributed by atoms with Gasteiger partial charge in [-0.15, -0.1) is 0 Å². The van der Waals surface area contributed by atoms with Crippen LogP contribution in [0.2, 0.25) is 5.02 Å². The van der Waals surface area contributed by atoms with E-state index in [1.54, 1.807) is 12.3 Å². The number of benzene rings is 2. The highest BCUT2D eigenvalue weighted by Gasteiger charge is 2.25. The van der Waals surface area contributed by atoms with Gasteiger partial charge in [-0.2, -0.15) is 0 Å². The number of hydrogen-bond acceptors (Lipinski definition) is 6. The summed E-state index contributed by atoms with van der Waals surface area (Å²) in [6.07, 6.45) is 3.90. The van der Waals surface area contributed by atoms with E-state index in [1.807, 2.05) is 29.2 Å². The van der Waals surface area contributed by atoms with Gasteiger partial charge in [0.1, 0.15) is 23.8 Å². The highest BCUT2D eigenvalue weighted by atomic mass is 35.5. The number of pyridine rings is 1. The Labute approximate surface area is 176 Å². The summed E-state index contributed by atoms with van der Waals surface area (Å²) in [4.78, 5) is 15.1. The van der Waals surface area contributed by atoms with Crippen LogP contribution in [-0.2, 0) is 13.0 Å². The van der Waals surface area contributed by atoms with Gasteiger partial charge in [0.15, 0.2) is 0 Å². The maximum absolute atomic E-state index is 13.9. The van der Waals surface area contributed by atoms with E-state index in [1.165, 1.54) is 12.4 Å². The first kappa shape index (κ1) is 18.7. The smallest absolute Gasteiger partial charge is 0.144 e. The summed E-state index contributed by atoms with van der Waals surface area (Å²) in [6.45, 7) is 0.486. The molecule has 0 bridgehead atoms. The molecule has 0 amide bonds. The summed E-state index contributed by atoms with van der Waals surface area (Å²) in [7, 11) is 0. The third kappa shape index (κ3) is 3.03. The van der Waals surface area contributed by atoms with Gasteiger partial charge in [0, 0.05) is 34.9 Å². The van der Waals surface area contributed by atoms with Crippen LogP contribution in [0.3, 0.4) is 0 Å². The minimum atomic E-state index is -0.414. The monoisotopic (exact) mass is 421 g/mol. The predicted molar refractivity (Wildman–Crippen MR) is 115 cm³/mol. The number of anilines is 3. The van der Waals surface area contributed by atoms with Crippen molar-refractivity contribution < 1.29 is 9.50 Å². The molecule has 0 unspecified atom stereocenters. The lowest BCUT2D eigenvalue weighted by Crippen LogP contribution is -2.15. The van der Waals surface area contributed by atoms with Crippen LogP contribution in [0.1, 0.15) is 11.1 Å². The van der Waals surface area contributed by atoms with E-state index >= 15 is 0 Å². The van der Waals surface area contributed by atoms with Crippen molar-refractivity contribution in [2.45, 2.75) is 13.0 Å². The summed E-state index contributed by atoms with van der Waals surface area (Å²) in [6, 6.07) is 10.8. The van der Waals surface area contributed by atoms with Gasteiger partial charge in [0.2, 0.25) is 0 Å². The molecule has 3 heterocycles. The topological polar surface area (TPSA) is 88.2 Å². The second kappa shape index (κ2) is 7.19. The molecule has 0 aliphatic carbocycles. The van der Waals surface area contributed by atoms with Gasteiger partial charge in [-0.05, 0) is 47.9 Å². The van der Waals surface area contributed by atoms with E-state index in [0.717, 1.165) is 39.1 Å². The molecule has 5 rings (SSSR count). The molecule has 2 aromatic carbocycles. The number of aliphatic hydroxyl groups excluding tert-OH is 1. The van der Waals surface area contributed by atoms with Gasteiger partial charge in [-0.25, -0.2) is 19.3 Å². The van der Waals surface area contributed by atoms with Crippen molar-refractivity contribution in [2.75, 3.05) is 17.2 Å². The average Bonchev–Trinajstić information content (AvgIpc) is 3.16. The molecule has 0 fully saturated rings. The first-order valence-electron chi connectivity index (χ1n) is 9.41. The first-order valence-corrected chi connectivity index (χ1v) is 9.79. The maximum Gasteiger partial charge on any atom is 0.144 e. The lowest BCUT2D eigenvalue weighted by molar-refractivity contribution is 0.282. The molecule has 8 heteroatoms. The molecule has 0 saturated heterocycles. The van der Waals surface area contributed by atoms with Gasteiger partial charge >= 0.3 is 0 Å². The molecule has 0 saturated carbocycles. The molecule has 1 aliphatic rings. The minimum Gasteiger partial charge on any atom is -0.392 e. The van der Waals surface area contributed by atoms with Crippen molar-refractivity contribution in [1.29, 1.82) is 0 Å². The van der Waals surface area contributed by atoms with Crippen LogP contribution in [-0.4, -0.2) is 26.6 Å². The standard InChI is InChI=1S/C22H17ClFN5O/c23-17-8-20-13(7-18(17)24)3-4-29(20)22-16-6-12(1-2-19(16)27-11-28-22)14-5-15(10-30)21(25)26-9-14/h1-2,5-9,11,30H,3-4,10H2,(H2,25,26). The Bertz CT molecular complexity index is 1300. The second-order valence-electron chi connectivity index (χ2n) is 7.15. The van der Waals surface area contributed by atoms with Gasteiger partial charge in [-0.1, -0.05) is 17.7 Å². The fourth-order valence-electron chi connectivity index (χ4n) is 3.84. The van der Waals surface area contributed by atoms with Gasteiger partial charge in [0.25, 0.3) is 0 Å². The molecule has 0 spiro atoms. The quantitative estimate of drug-likeness (QED) is 0.514. The zero-order chi connectivity index (χ0) is 20.8. The normalized spacial score (nSPS) is 13.1. The highest BCUT2D eigenvalue weighted by molar-refractivity contribution is 6.31. The number of aromatic nitrogens is 3. The predicted octanol–water partition coefficient (Wildman–Crippen LogP) is 4.25. The van der Waals surface area contributed by atoms with Crippen LogP contribution in [0, 0.1) is 5.82 Å². The van der Waals surface area contributed by atoms with E-state index < -0.39 is 5.82 Å². The highest BCUT2D eigenvalue weighted by Crippen LogP contribution is 2.39. The fraction of sp³-hybridized carbons (Fsp3) is 0.136. The Hall–Kier alpha value is -3.29. The van der Waals surface area contributed by atoms with Crippen LogP contribution in [0.25, 0.3) is 22.0 Å². The van der Waals surface area contributed by atoms with E-state index in [0.29, 0.717) is 24.3 Å². The summed E-state index contributed by atoms with van der Waals surface area (Å²) < 4.78 is 13.9. The number of nitrogens with zero attached hydrogens (tertiary/aromatic N) is 4. The third-order valence-electron chi connectivity index (χ3n) is 5.39. The Balaban J connectivity index is 1.65. The number of halogens is 2. The largest absolute Gasteiger partial charge is 0.392 e. The van der Waals surface area contributed by atoms with E-state index in [-0.39, 0.29) is 11.6 Å². The molecule has 2 aromatic heterocycles. The molecule has 6 nitrogen and oxygen atoms in total. The Kier molecular flexibility index (Phi) is 4.49. The third-order valence-corrected chi connectivity index (χ3v) is 5.68. The Morgan fingerprint density at radius 1 is 1.10 bits per heavy atom. The van der Waals surface area contributed by atoms with Crippen LogP contribution in [0.4, 0.5) is 21.7 Å². The number of nitrogen functional groups attached to an aromatic ring is 1. The molecule has 1 aliphatic heterocycles. The number of nitrogens with two attached hydrogens (primary N) is 1. The SMILES string of the molecule is Nc1ncc(-c2ccc3ncnc(N4CCc5cc(F)c(Cl)cc54)c3c2)cc1CO. The van der Waals surface area contributed by atoms with Crippen molar-refractivity contribution in [2.24, 2.45) is 0 Å². The molecular weight excluding hydrogens is 405 g/mol. The molecule has 0 radical (unpaired) electrons. The lowest BCUT2D eigenvalue weighted by atomic mass is 10.0. The van der Waals surface area contributed by atoms with Crippen LogP contribution in [0.5, 0.6) is 0 Å². The molecule has 150 valence electrons. The number of rotatable bonds is 3. The number of hydrogen-bond donors (Lipinski definition) is 2. The van der Waals surface area contributed by atoms with E-state index in [4.69, 9.17) is 17.3 Å². The zero-order valence-electron chi connectivity index (χ0n) is 15.8. The van der Waals surface area contributed by atoms with Gasteiger partial charge < -0.3 is 15.7 Å². The molecular formula is C22H17ClFN5O. The second-order valence-corrected chi connectivity index (χ2v) is 7.56. The van der Waals surface area contributed by atoms with Gasteiger partial charge in [-0.3, -0.25) is 0 Å². The lowest BCUT2D eigenvalue weighted by Gasteiger charge is -2.20. The van der Waals surface area contributed by atoms with Gasteiger partial charge in [0.05, 0.1) is 17.1 Å². The van der Waals surface area contributed by atoms with Crippen molar-refractivity contribution >= 4 is 39.8 Å². The zero-order valence-corrected chi connectivity index (χ0v) is 16.6. The van der Waals surface area contributed by atoms with E-state index in [9.17, 15) is 9.50 Å². The Morgan fingerprint density at radius 2 is 1.97 bits per heavy atom. The molecule has 0 atom stereocenters. The molecule has 4 aromatic rings. The first-order chi connectivity index (χ1) is 14.5. The van der Waals surface area contributed by atoms with Crippen LogP contribution >= 0.6 is 11.6 Å². The van der Waals surface area contributed by atoms with Crippen molar-refractivity contribution in [3.05, 3.63) is 70.9 Å². The van der Waals surface area contributed by atoms with Crippen molar-refractivity contribution in [3.63, 3.8) is 0 Å². The Morgan fingerprint density at radius 3 is 2.80 bits per heavy atom. The van der Waals surface area contributed by atoms with Crippen molar-refractivity contribution in [1.82, 2.24) is 15.0 Å².